The van der Waals surface area contributed by atoms with Crippen molar-refractivity contribution in [1.82, 2.24) is 4.98 Å². The van der Waals surface area contributed by atoms with Crippen molar-refractivity contribution >= 4 is 27.5 Å². The summed E-state index contributed by atoms with van der Waals surface area (Å²) in [6.45, 7) is 5.93. The molecular weight excluding hydrogens is 326 g/mol. The van der Waals surface area contributed by atoms with Gasteiger partial charge in [0.25, 0.3) is 0 Å². The molecule has 1 aromatic carbocycles. The number of benzene rings is 1. The van der Waals surface area contributed by atoms with Crippen molar-refractivity contribution in [3.05, 3.63) is 51.7 Å². The zero-order chi connectivity index (χ0) is 14.0. The molecule has 0 aliphatic heterocycles. The molecule has 19 heavy (non-hydrogen) atoms. The van der Waals surface area contributed by atoms with Gasteiger partial charge in [0.2, 0.25) is 5.88 Å². The van der Waals surface area contributed by atoms with Crippen molar-refractivity contribution in [2.24, 2.45) is 0 Å². The fraction of sp³-hybridized carbons (Fsp3) is 0.267. The summed E-state index contributed by atoms with van der Waals surface area (Å²) in [4.78, 5) is 4.34. The third kappa shape index (κ3) is 3.28. The van der Waals surface area contributed by atoms with Gasteiger partial charge in [-0.2, -0.15) is 0 Å². The molecule has 0 N–H and O–H groups in total. The minimum Gasteiger partial charge on any atom is -0.439 e. The highest BCUT2D eigenvalue weighted by Gasteiger charge is 2.07. The second kappa shape index (κ2) is 5.93. The van der Waals surface area contributed by atoms with Crippen LogP contribution in [0.5, 0.6) is 11.6 Å². The average molecular weight is 341 g/mol. The molecule has 1 aromatic heterocycles. The molecule has 0 aliphatic rings. The molecule has 0 atom stereocenters. The van der Waals surface area contributed by atoms with Crippen LogP contribution in [0.4, 0.5) is 0 Å². The number of aryl methyl sites for hydroxylation is 3. The molecule has 0 radical (unpaired) electrons. The Morgan fingerprint density at radius 2 is 1.74 bits per heavy atom. The van der Waals surface area contributed by atoms with Gasteiger partial charge in [0, 0.05) is 22.1 Å². The van der Waals surface area contributed by atoms with E-state index in [4.69, 9.17) is 16.3 Å². The number of hydrogen-bond acceptors (Lipinski definition) is 2. The van der Waals surface area contributed by atoms with Crippen molar-refractivity contribution < 1.29 is 4.74 Å². The SMILES string of the molecule is Cc1cc(CBr)cnc1Oc1cc(C)c(Cl)c(C)c1. The molecule has 0 saturated carbocycles. The summed E-state index contributed by atoms with van der Waals surface area (Å²) in [6.07, 6.45) is 1.81. The first-order chi connectivity index (χ1) is 9.01. The van der Waals surface area contributed by atoms with E-state index in [1.807, 2.05) is 39.1 Å². The summed E-state index contributed by atoms with van der Waals surface area (Å²) in [5.41, 5.74) is 4.16. The molecule has 0 amide bonds. The largest absolute Gasteiger partial charge is 0.439 e. The van der Waals surface area contributed by atoms with Crippen LogP contribution < -0.4 is 4.74 Å². The number of aromatic nitrogens is 1. The monoisotopic (exact) mass is 339 g/mol. The number of pyridine rings is 1. The van der Waals surface area contributed by atoms with Crippen molar-refractivity contribution in [2.45, 2.75) is 26.1 Å². The average Bonchev–Trinajstić information content (AvgIpc) is 2.38. The van der Waals surface area contributed by atoms with Gasteiger partial charge in [0.1, 0.15) is 5.75 Å². The lowest BCUT2D eigenvalue weighted by Crippen LogP contribution is -1.94. The summed E-state index contributed by atoms with van der Waals surface area (Å²) in [6, 6.07) is 5.91. The third-order valence-corrected chi connectivity index (χ3v) is 4.11. The number of hydrogen-bond donors (Lipinski definition) is 0. The lowest BCUT2D eigenvalue weighted by Gasteiger charge is -2.11. The Hall–Kier alpha value is -1.06. The molecule has 0 aliphatic carbocycles. The zero-order valence-corrected chi connectivity index (χ0v) is 13.5. The van der Waals surface area contributed by atoms with E-state index in [-0.39, 0.29) is 0 Å². The van der Waals surface area contributed by atoms with E-state index in [1.54, 1.807) is 0 Å². The Balaban J connectivity index is 2.31. The van der Waals surface area contributed by atoms with Gasteiger partial charge in [-0.05, 0) is 55.7 Å². The van der Waals surface area contributed by atoms with Crippen molar-refractivity contribution in [3.8, 4) is 11.6 Å². The predicted molar refractivity (Wildman–Crippen MR) is 82.6 cm³/mol. The number of rotatable bonds is 3. The molecule has 4 heteroatoms. The van der Waals surface area contributed by atoms with E-state index in [1.165, 1.54) is 0 Å². The van der Waals surface area contributed by atoms with Gasteiger partial charge in [0.05, 0.1) is 0 Å². The van der Waals surface area contributed by atoms with Gasteiger partial charge >= 0.3 is 0 Å². The van der Waals surface area contributed by atoms with Crippen molar-refractivity contribution in [1.29, 1.82) is 0 Å². The fourth-order valence-corrected chi connectivity index (χ4v) is 2.29. The second-order valence-electron chi connectivity index (χ2n) is 4.57. The standard InChI is InChI=1S/C15H15BrClNO/c1-9-5-13(6-10(2)14(9)17)19-15-11(3)4-12(7-16)8-18-15/h4-6,8H,7H2,1-3H3. The predicted octanol–water partition coefficient (Wildman–Crippen LogP) is 5.35. The summed E-state index contributed by atoms with van der Waals surface area (Å²) < 4.78 is 5.84. The Kier molecular flexibility index (Phi) is 4.48. The molecule has 0 saturated heterocycles. The molecule has 0 spiro atoms. The van der Waals surface area contributed by atoms with Crippen LogP contribution >= 0.6 is 27.5 Å². The summed E-state index contributed by atoms with van der Waals surface area (Å²) in [7, 11) is 0. The fourth-order valence-electron chi connectivity index (χ4n) is 1.88. The minimum absolute atomic E-state index is 0.630. The number of ether oxygens (including phenoxy) is 1. The molecule has 0 bridgehead atoms. The van der Waals surface area contributed by atoms with Crippen LogP contribution in [0, 0.1) is 20.8 Å². The Labute approximate surface area is 126 Å². The molecule has 1 heterocycles. The van der Waals surface area contributed by atoms with E-state index in [0.29, 0.717) is 5.88 Å². The van der Waals surface area contributed by atoms with E-state index >= 15 is 0 Å². The lowest BCUT2D eigenvalue weighted by atomic mass is 10.1. The minimum atomic E-state index is 0.630. The molecular formula is C15H15BrClNO. The second-order valence-corrected chi connectivity index (χ2v) is 5.51. The van der Waals surface area contributed by atoms with Gasteiger partial charge in [0.15, 0.2) is 0 Å². The van der Waals surface area contributed by atoms with E-state index in [0.717, 1.165) is 38.4 Å². The summed E-state index contributed by atoms with van der Waals surface area (Å²) in [5.74, 6) is 1.40. The smallest absolute Gasteiger partial charge is 0.222 e. The van der Waals surface area contributed by atoms with Gasteiger partial charge in [-0.15, -0.1) is 0 Å². The first-order valence-corrected chi connectivity index (χ1v) is 7.47. The van der Waals surface area contributed by atoms with Crippen LogP contribution in [0.3, 0.4) is 0 Å². The van der Waals surface area contributed by atoms with Gasteiger partial charge in [-0.25, -0.2) is 4.98 Å². The van der Waals surface area contributed by atoms with Crippen LogP contribution in [0.2, 0.25) is 5.02 Å². The highest BCUT2D eigenvalue weighted by molar-refractivity contribution is 9.08. The van der Waals surface area contributed by atoms with Gasteiger partial charge in [-0.3, -0.25) is 0 Å². The first kappa shape index (κ1) is 14.4. The van der Waals surface area contributed by atoms with Crippen LogP contribution in [0.25, 0.3) is 0 Å². The Morgan fingerprint density at radius 3 is 2.26 bits per heavy atom. The van der Waals surface area contributed by atoms with Crippen LogP contribution in [-0.2, 0) is 5.33 Å². The highest BCUT2D eigenvalue weighted by Crippen LogP contribution is 2.29. The van der Waals surface area contributed by atoms with E-state index in [9.17, 15) is 0 Å². The molecule has 0 unspecified atom stereocenters. The normalized spacial score (nSPS) is 10.6. The molecule has 100 valence electrons. The Bertz CT molecular complexity index is 590. The molecule has 2 nitrogen and oxygen atoms in total. The van der Waals surface area contributed by atoms with Crippen LogP contribution in [0.1, 0.15) is 22.3 Å². The van der Waals surface area contributed by atoms with E-state index in [2.05, 4.69) is 27.0 Å². The number of halogens is 2. The molecule has 0 fully saturated rings. The number of alkyl halides is 1. The van der Waals surface area contributed by atoms with E-state index < -0.39 is 0 Å². The summed E-state index contributed by atoms with van der Waals surface area (Å²) in [5, 5.41) is 1.58. The quantitative estimate of drug-likeness (QED) is 0.703. The molecule has 2 aromatic rings. The maximum atomic E-state index is 6.15. The number of nitrogens with zero attached hydrogens (tertiary/aromatic N) is 1. The van der Waals surface area contributed by atoms with Crippen LogP contribution in [-0.4, -0.2) is 4.98 Å². The summed E-state index contributed by atoms with van der Waals surface area (Å²) >= 11 is 9.56. The maximum absolute atomic E-state index is 6.15. The Morgan fingerprint density at radius 1 is 1.11 bits per heavy atom. The zero-order valence-electron chi connectivity index (χ0n) is 11.1. The lowest BCUT2D eigenvalue weighted by molar-refractivity contribution is 0.458. The highest BCUT2D eigenvalue weighted by atomic mass is 79.9. The molecule has 2 rings (SSSR count). The third-order valence-electron chi connectivity index (χ3n) is 2.87. The topological polar surface area (TPSA) is 22.1 Å². The van der Waals surface area contributed by atoms with Crippen molar-refractivity contribution in [3.63, 3.8) is 0 Å². The maximum Gasteiger partial charge on any atom is 0.222 e. The van der Waals surface area contributed by atoms with Crippen molar-refractivity contribution in [2.75, 3.05) is 0 Å². The first-order valence-electron chi connectivity index (χ1n) is 5.97. The van der Waals surface area contributed by atoms with Crippen LogP contribution in [0.15, 0.2) is 24.4 Å². The van der Waals surface area contributed by atoms with Gasteiger partial charge in [-0.1, -0.05) is 27.5 Å². The van der Waals surface area contributed by atoms with Gasteiger partial charge < -0.3 is 4.74 Å².